The van der Waals surface area contributed by atoms with Gasteiger partial charge >= 0.3 is 0 Å². The molecule has 1 atom stereocenters. The van der Waals surface area contributed by atoms with Crippen LogP contribution in [0, 0.1) is 34.0 Å². The quantitative estimate of drug-likeness (QED) is 0.167. The van der Waals surface area contributed by atoms with Gasteiger partial charge in [-0.2, -0.15) is 15.8 Å². The topological polar surface area (TPSA) is 79.5 Å². The Morgan fingerprint density at radius 1 is 0.608 bits per heavy atom. The van der Waals surface area contributed by atoms with Crippen LogP contribution in [0.3, 0.4) is 0 Å². The van der Waals surface area contributed by atoms with Crippen molar-refractivity contribution >= 4 is 33.2 Å². The number of benzene rings is 6. The number of para-hydroxylation sites is 2. The van der Waals surface area contributed by atoms with Gasteiger partial charge in [0.1, 0.15) is 0 Å². The van der Waals surface area contributed by atoms with Gasteiger partial charge in [-0.25, -0.2) is 0 Å². The molecule has 6 aromatic carbocycles. The van der Waals surface area contributed by atoms with Crippen LogP contribution in [0.4, 0.5) is 11.4 Å². The van der Waals surface area contributed by atoms with E-state index in [1.54, 1.807) is 0 Å². The molecule has 1 aliphatic heterocycles. The lowest BCUT2D eigenvalue weighted by atomic mass is 9.93. The first kappa shape index (κ1) is 31.2. The van der Waals surface area contributed by atoms with Crippen molar-refractivity contribution in [1.29, 1.82) is 15.8 Å². The summed E-state index contributed by atoms with van der Waals surface area (Å²) in [6.07, 6.45) is 8.21. The number of allylic oxidation sites excluding steroid dienone is 3. The van der Waals surface area contributed by atoms with Crippen molar-refractivity contribution in [3.05, 3.63) is 174 Å². The second kappa shape index (κ2) is 13.1. The minimum Gasteiger partial charge on any atom is -0.340 e. The molecule has 0 bridgehead atoms. The predicted octanol–water partition coefficient (Wildman–Crippen LogP) is 11.1. The standard InChI is InChI=1S/C46H31N5/c1-2-3-4-10-35-30-50(44-22-18-32(28-48)24-42(35)44)43-21-17-31(27-47)23-41(43)34-19-20-38(36(25-34)29-49)33-11-9-12-37(26-33)51-45-15-7-5-13-39(45)40-14-6-8-16-46(40)51/h2-26,35H,30H2,1H3/b3-2-,10-4-. The maximum Gasteiger partial charge on any atom is 0.0998 e. The highest BCUT2D eigenvalue weighted by Crippen LogP contribution is 2.46. The van der Waals surface area contributed by atoms with Gasteiger partial charge in [-0.15, -0.1) is 0 Å². The van der Waals surface area contributed by atoms with Gasteiger partial charge in [-0.1, -0.05) is 85.0 Å². The number of hydrogen-bond acceptors (Lipinski definition) is 4. The zero-order valence-electron chi connectivity index (χ0n) is 28.0. The molecule has 240 valence electrons. The highest BCUT2D eigenvalue weighted by atomic mass is 15.2. The monoisotopic (exact) mass is 653 g/mol. The molecular weight excluding hydrogens is 623 g/mol. The zero-order valence-corrected chi connectivity index (χ0v) is 28.0. The lowest BCUT2D eigenvalue weighted by molar-refractivity contribution is 0.890. The van der Waals surface area contributed by atoms with Crippen molar-refractivity contribution in [2.24, 2.45) is 0 Å². The molecule has 0 saturated carbocycles. The van der Waals surface area contributed by atoms with Gasteiger partial charge in [0, 0.05) is 45.9 Å². The molecule has 7 aromatic rings. The Labute approximate surface area is 297 Å². The number of hydrogen-bond donors (Lipinski definition) is 0. The van der Waals surface area contributed by atoms with Gasteiger partial charge in [0.2, 0.25) is 0 Å². The highest BCUT2D eigenvalue weighted by Gasteiger charge is 2.30. The van der Waals surface area contributed by atoms with E-state index in [1.807, 2.05) is 91.9 Å². The molecule has 0 N–H and O–H groups in total. The molecule has 0 fully saturated rings. The Hall–Kier alpha value is -7.13. The van der Waals surface area contributed by atoms with Gasteiger partial charge in [0.15, 0.2) is 0 Å². The van der Waals surface area contributed by atoms with E-state index in [9.17, 15) is 15.8 Å². The molecule has 0 aliphatic carbocycles. The number of rotatable bonds is 6. The molecule has 1 aliphatic rings. The summed E-state index contributed by atoms with van der Waals surface area (Å²) < 4.78 is 2.28. The van der Waals surface area contributed by atoms with E-state index in [2.05, 4.69) is 94.4 Å². The maximum atomic E-state index is 10.5. The number of nitriles is 3. The van der Waals surface area contributed by atoms with E-state index in [4.69, 9.17) is 0 Å². The summed E-state index contributed by atoms with van der Waals surface area (Å²) in [6, 6.07) is 49.8. The van der Waals surface area contributed by atoms with Gasteiger partial charge < -0.3 is 9.47 Å². The van der Waals surface area contributed by atoms with Crippen molar-refractivity contribution in [3.63, 3.8) is 0 Å². The summed E-state index contributed by atoms with van der Waals surface area (Å²) in [6.45, 7) is 2.66. The minimum atomic E-state index is 0.0758. The Balaban J connectivity index is 1.23. The number of nitrogens with zero attached hydrogens (tertiary/aromatic N) is 5. The molecular formula is C46H31N5. The Morgan fingerprint density at radius 2 is 1.29 bits per heavy atom. The Morgan fingerprint density at radius 3 is 2.00 bits per heavy atom. The van der Waals surface area contributed by atoms with E-state index < -0.39 is 0 Å². The van der Waals surface area contributed by atoms with Crippen LogP contribution in [0.15, 0.2) is 152 Å². The van der Waals surface area contributed by atoms with Crippen LogP contribution in [0.5, 0.6) is 0 Å². The van der Waals surface area contributed by atoms with Crippen molar-refractivity contribution in [2.75, 3.05) is 11.4 Å². The number of fused-ring (bicyclic) bond motifs is 4. The van der Waals surface area contributed by atoms with Crippen LogP contribution in [-0.4, -0.2) is 11.1 Å². The summed E-state index contributed by atoms with van der Waals surface area (Å²) in [5.41, 5.74) is 11.5. The fraction of sp³-hybridized carbons (Fsp3) is 0.0652. The molecule has 5 heteroatoms. The van der Waals surface area contributed by atoms with Crippen molar-refractivity contribution in [3.8, 4) is 46.1 Å². The smallest absolute Gasteiger partial charge is 0.0998 e. The second-order valence-electron chi connectivity index (χ2n) is 12.6. The van der Waals surface area contributed by atoms with E-state index in [1.165, 1.54) is 10.8 Å². The van der Waals surface area contributed by atoms with Crippen LogP contribution in [0.1, 0.15) is 35.1 Å². The summed E-state index contributed by atoms with van der Waals surface area (Å²) in [5, 5.41) is 32.5. The molecule has 8 rings (SSSR count). The van der Waals surface area contributed by atoms with E-state index in [0.29, 0.717) is 23.2 Å². The van der Waals surface area contributed by atoms with Gasteiger partial charge in [-0.05, 0) is 95.9 Å². The van der Waals surface area contributed by atoms with Crippen LogP contribution in [0.2, 0.25) is 0 Å². The normalized spacial score (nSPS) is 13.8. The molecule has 0 saturated heterocycles. The van der Waals surface area contributed by atoms with Crippen molar-refractivity contribution in [1.82, 2.24) is 4.57 Å². The molecule has 5 nitrogen and oxygen atoms in total. The Kier molecular flexibility index (Phi) is 7.98. The van der Waals surface area contributed by atoms with Crippen molar-refractivity contribution in [2.45, 2.75) is 12.8 Å². The number of anilines is 2. The van der Waals surface area contributed by atoms with E-state index in [0.717, 1.165) is 55.9 Å². The molecule has 51 heavy (non-hydrogen) atoms. The first-order valence-electron chi connectivity index (χ1n) is 16.9. The summed E-state index contributed by atoms with van der Waals surface area (Å²) in [5.74, 6) is 0.0758. The van der Waals surface area contributed by atoms with Crippen LogP contribution < -0.4 is 4.90 Å². The average molecular weight is 654 g/mol. The van der Waals surface area contributed by atoms with Crippen molar-refractivity contribution < 1.29 is 0 Å². The second-order valence-corrected chi connectivity index (χ2v) is 12.6. The molecule has 0 radical (unpaired) electrons. The largest absolute Gasteiger partial charge is 0.340 e. The highest BCUT2D eigenvalue weighted by molar-refractivity contribution is 6.09. The third kappa shape index (κ3) is 5.43. The Bertz CT molecular complexity index is 2640. The number of aromatic nitrogens is 1. The fourth-order valence-corrected chi connectivity index (χ4v) is 7.40. The van der Waals surface area contributed by atoms with Crippen LogP contribution >= 0.6 is 0 Å². The summed E-state index contributed by atoms with van der Waals surface area (Å²) >= 11 is 0. The first-order chi connectivity index (χ1) is 25.1. The van der Waals surface area contributed by atoms with Gasteiger partial charge in [0.25, 0.3) is 0 Å². The molecule has 1 unspecified atom stereocenters. The molecule has 0 amide bonds. The first-order valence-corrected chi connectivity index (χ1v) is 16.9. The lowest BCUT2D eigenvalue weighted by Gasteiger charge is -2.24. The molecule has 1 aromatic heterocycles. The lowest BCUT2D eigenvalue weighted by Crippen LogP contribution is -2.16. The molecule has 2 heterocycles. The summed E-state index contributed by atoms with van der Waals surface area (Å²) in [7, 11) is 0. The fourth-order valence-electron chi connectivity index (χ4n) is 7.40. The van der Waals surface area contributed by atoms with E-state index in [-0.39, 0.29) is 5.92 Å². The van der Waals surface area contributed by atoms with Gasteiger partial charge in [0.05, 0.1) is 45.9 Å². The predicted molar refractivity (Wildman–Crippen MR) is 206 cm³/mol. The average Bonchev–Trinajstić information content (AvgIpc) is 3.72. The SMILES string of the molecule is C/C=C\C=C/C1CN(c2ccc(C#N)cc2-c2ccc(-c3cccc(-n4c5ccccc5c5ccccc54)c3)c(C#N)c2)c2ccc(C#N)cc21. The maximum absolute atomic E-state index is 10.5. The third-order valence-electron chi connectivity index (χ3n) is 9.74. The summed E-state index contributed by atoms with van der Waals surface area (Å²) in [4.78, 5) is 2.26. The molecule has 0 spiro atoms. The third-order valence-corrected chi connectivity index (χ3v) is 9.74. The van der Waals surface area contributed by atoms with E-state index >= 15 is 0 Å². The van der Waals surface area contributed by atoms with Gasteiger partial charge in [-0.3, -0.25) is 0 Å². The minimum absolute atomic E-state index is 0.0758. The van der Waals surface area contributed by atoms with Crippen LogP contribution in [-0.2, 0) is 0 Å². The van der Waals surface area contributed by atoms with Crippen LogP contribution in [0.25, 0.3) is 49.7 Å². The zero-order chi connectivity index (χ0) is 34.9.